The Morgan fingerprint density at radius 1 is 1.42 bits per heavy atom. The molecule has 7 nitrogen and oxygen atoms in total. The van der Waals surface area contributed by atoms with Gasteiger partial charge in [-0.05, 0) is 5.56 Å². The van der Waals surface area contributed by atoms with Gasteiger partial charge in [0.2, 0.25) is 11.7 Å². The van der Waals surface area contributed by atoms with Gasteiger partial charge in [-0.25, -0.2) is 9.48 Å². The van der Waals surface area contributed by atoms with Gasteiger partial charge in [0.05, 0.1) is 6.20 Å². The number of aliphatic imine (C=N–C) groups is 1. The van der Waals surface area contributed by atoms with E-state index < -0.39 is 5.66 Å². The summed E-state index contributed by atoms with van der Waals surface area (Å²) in [6.07, 6.45) is 3.44. The maximum atomic E-state index is 11.4. The Balaban J connectivity index is 2.45. The molecule has 1 aromatic heterocycles. The predicted molar refractivity (Wildman–Crippen MR) is 66.7 cm³/mol. The Morgan fingerprint density at radius 2 is 2.16 bits per heavy atom. The second kappa shape index (κ2) is 5.24. The quantitative estimate of drug-likeness (QED) is 0.471. The number of carbonyl (C=O) groups excluding carboxylic acids is 2. The molecule has 0 amide bonds. The molecule has 2 N–H and O–H groups in total. The van der Waals surface area contributed by atoms with Crippen molar-refractivity contribution in [2.45, 2.75) is 12.1 Å². The van der Waals surface area contributed by atoms with E-state index in [0.29, 0.717) is 6.29 Å². The Hall–Kier alpha value is -2.79. The molecule has 0 saturated heterocycles. The molecule has 0 bridgehead atoms. The van der Waals surface area contributed by atoms with Gasteiger partial charge in [-0.15, -0.1) is 5.10 Å². The molecule has 1 aromatic carbocycles. The Labute approximate surface area is 108 Å². The number of nitrogens with zero attached hydrogens (tertiary/aromatic N) is 4. The lowest BCUT2D eigenvalue weighted by Gasteiger charge is -2.21. The first-order valence-electron chi connectivity index (χ1n) is 5.48. The highest BCUT2D eigenvalue weighted by Gasteiger charge is 2.33. The number of aldehydes is 1. The zero-order chi connectivity index (χ0) is 13.7. The van der Waals surface area contributed by atoms with Crippen molar-refractivity contribution in [3.63, 3.8) is 0 Å². The minimum atomic E-state index is -1.51. The van der Waals surface area contributed by atoms with Gasteiger partial charge in [-0.2, -0.15) is 4.99 Å². The van der Waals surface area contributed by atoms with Crippen molar-refractivity contribution in [3.05, 3.63) is 42.1 Å². The van der Waals surface area contributed by atoms with Crippen LogP contribution >= 0.6 is 0 Å². The second-order valence-corrected chi connectivity index (χ2v) is 3.95. The third kappa shape index (κ3) is 2.56. The lowest BCUT2D eigenvalue weighted by molar-refractivity contribution is -0.115. The van der Waals surface area contributed by atoms with Crippen LogP contribution in [0.5, 0.6) is 0 Å². The molecule has 7 heteroatoms. The van der Waals surface area contributed by atoms with Crippen molar-refractivity contribution >= 4 is 18.2 Å². The Kier molecular flexibility index (Phi) is 3.49. The van der Waals surface area contributed by atoms with E-state index >= 15 is 0 Å². The van der Waals surface area contributed by atoms with E-state index in [4.69, 9.17) is 5.73 Å². The number of hydrogen-bond acceptors (Lipinski definition) is 6. The molecule has 0 aliphatic heterocycles. The van der Waals surface area contributed by atoms with E-state index in [-0.39, 0.29) is 12.2 Å². The lowest BCUT2D eigenvalue weighted by atomic mass is 10.0. The minimum absolute atomic E-state index is 0.139. The fraction of sp³-hybridized carbons (Fsp3) is 0.167. The van der Waals surface area contributed by atoms with Crippen LogP contribution in [-0.4, -0.2) is 27.4 Å². The van der Waals surface area contributed by atoms with E-state index in [2.05, 4.69) is 15.3 Å². The molecule has 96 valence electrons. The van der Waals surface area contributed by atoms with Gasteiger partial charge in [0.1, 0.15) is 0 Å². The third-order valence-electron chi connectivity index (χ3n) is 2.64. The monoisotopic (exact) mass is 257 g/mol. The number of rotatable bonds is 5. The molecule has 0 spiro atoms. The summed E-state index contributed by atoms with van der Waals surface area (Å²) in [5.41, 5.74) is 4.78. The molecule has 0 radical (unpaired) electrons. The molecule has 2 rings (SSSR count). The van der Waals surface area contributed by atoms with Crippen LogP contribution in [0.1, 0.15) is 5.56 Å². The van der Waals surface area contributed by atoms with Gasteiger partial charge in [0, 0.05) is 6.42 Å². The van der Waals surface area contributed by atoms with Crippen LogP contribution in [0.3, 0.4) is 0 Å². The van der Waals surface area contributed by atoms with Crippen LogP contribution < -0.4 is 5.73 Å². The number of hydrogen-bond donors (Lipinski definition) is 1. The van der Waals surface area contributed by atoms with E-state index in [1.54, 1.807) is 0 Å². The zero-order valence-electron chi connectivity index (χ0n) is 9.93. The molecule has 0 unspecified atom stereocenters. The van der Waals surface area contributed by atoms with Gasteiger partial charge in [-0.1, -0.05) is 35.5 Å². The fourth-order valence-electron chi connectivity index (χ4n) is 1.74. The molecule has 1 heterocycles. The highest BCUT2D eigenvalue weighted by atomic mass is 16.1. The first-order chi connectivity index (χ1) is 9.20. The summed E-state index contributed by atoms with van der Waals surface area (Å²) in [5, 5.41) is 7.31. The van der Waals surface area contributed by atoms with E-state index in [1.165, 1.54) is 12.3 Å². The molecule has 0 aliphatic carbocycles. The summed E-state index contributed by atoms with van der Waals surface area (Å²) in [4.78, 5) is 25.6. The van der Waals surface area contributed by atoms with E-state index in [1.807, 2.05) is 30.3 Å². The first kappa shape index (κ1) is 12.7. The number of nitrogens with two attached hydrogens (primary N) is 1. The molecule has 0 aliphatic rings. The van der Waals surface area contributed by atoms with Crippen molar-refractivity contribution < 1.29 is 9.59 Å². The zero-order valence-corrected chi connectivity index (χ0v) is 9.93. The predicted octanol–water partition coefficient (Wildman–Crippen LogP) is 0.290. The number of isocyanates is 1. The Bertz CT molecular complexity index is 618. The average Bonchev–Trinajstić information content (AvgIpc) is 2.86. The van der Waals surface area contributed by atoms with Crippen molar-refractivity contribution in [2.75, 3.05) is 5.73 Å². The summed E-state index contributed by atoms with van der Waals surface area (Å²) in [6, 6.07) is 9.14. The summed E-state index contributed by atoms with van der Waals surface area (Å²) in [7, 11) is 0. The van der Waals surface area contributed by atoms with Crippen LogP contribution in [0, 0.1) is 0 Å². The molecular weight excluding hydrogens is 246 g/mol. The van der Waals surface area contributed by atoms with Gasteiger partial charge < -0.3 is 5.73 Å². The van der Waals surface area contributed by atoms with E-state index in [0.717, 1.165) is 10.2 Å². The summed E-state index contributed by atoms with van der Waals surface area (Å²) < 4.78 is 1.16. The largest absolute Gasteiger partial charge is 0.381 e. The standard InChI is InChI=1S/C12H11N5O2/c13-11-7-17(16-15-11)12(8-18,14-9-19)6-10-4-2-1-3-5-10/h1-5,7-8H,6,13H2/t12-/m1/s1. The maximum absolute atomic E-state index is 11.4. The van der Waals surface area contributed by atoms with Crippen molar-refractivity contribution in [1.29, 1.82) is 0 Å². The molecule has 19 heavy (non-hydrogen) atoms. The van der Waals surface area contributed by atoms with Crippen LogP contribution in [0.2, 0.25) is 0 Å². The number of nitrogen functional groups attached to an aromatic ring is 1. The minimum Gasteiger partial charge on any atom is -0.381 e. The summed E-state index contributed by atoms with van der Waals surface area (Å²) in [6.45, 7) is 0. The lowest BCUT2D eigenvalue weighted by Crippen LogP contribution is -2.36. The highest BCUT2D eigenvalue weighted by Crippen LogP contribution is 2.21. The van der Waals surface area contributed by atoms with Gasteiger partial charge in [0.15, 0.2) is 12.1 Å². The smallest absolute Gasteiger partial charge is 0.237 e. The van der Waals surface area contributed by atoms with Gasteiger partial charge in [0.25, 0.3) is 0 Å². The maximum Gasteiger partial charge on any atom is 0.237 e. The fourth-order valence-corrected chi connectivity index (χ4v) is 1.74. The van der Waals surface area contributed by atoms with Crippen LogP contribution in [0.4, 0.5) is 5.82 Å². The average molecular weight is 257 g/mol. The van der Waals surface area contributed by atoms with Crippen molar-refractivity contribution in [3.8, 4) is 0 Å². The molecule has 1 atom stereocenters. The number of anilines is 1. The Morgan fingerprint density at radius 3 is 2.68 bits per heavy atom. The van der Waals surface area contributed by atoms with Gasteiger partial charge >= 0.3 is 0 Å². The first-order valence-corrected chi connectivity index (χ1v) is 5.48. The molecule has 0 saturated carbocycles. The SMILES string of the molecule is Nc1cn([C@@](C=O)(Cc2ccccc2)N=C=O)nn1. The van der Waals surface area contributed by atoms with Crippen LogP contribution in [-0.2, 0) is 21.7 Å². The number of carbonyl (C=O) groups is 1. The third-order valence-corrected chi connectivity index (χ3v) is 2.64. The van der Waals surface area contributed by atoms with Crippen molar-refractivity contribution in [1.82, 2.24) is 15.0 Å². The second-order valence-electron chi connectivity index (χ2n) is 3.95. The van der Waals surface area contributed by atoms with Crippen LogP contribution in [0.15, 0.2) is 41.5 Å². The topological polar surface area (TPSA) is 103 Å². The number of aromatic nitrogens is 3. The highest BCUT2D eigenvalue weighted by molar-refractivity contribution is 5.64. The molecule has 2 aromatic rings. The van der Waals surface area contributed by atoms with Crippen LogP contribution in [0.25, 0.3) is 0 Å². The normalized spacial score (nSPS) is 13.3. The summed E-state index contributed by atoms with van der Waals surface area (Å²) >= 11 is 0. The van der Waals surface area contributed by atoms with E-state index in [9.17, 15) is 9.59 Å². The molecular formula is C12H11N5O2. The summed E-state index contributed by atoms with van der Waals surface area (Å²) in [5.74, 6) is 0.139. The van der Waals surface area contributed by atoms with Gasteiger partial charge in [-0.3, -0.25) is 4.79 Å². The number of benzene rings is 1. The van der Waals surface area contributed by atoms with Crippen molar-refractivity contribution in [2.24, 2.45) is 4.99 Å². The molecule has 0 fully saturated rings.